The second-order valence-corrected chi connectivity index (χ2v) is 7.76. The minimum Gasteiger partial charge on any atom is -0.393 e. The maximum Gasteiger partial charge on any atom is 0.251 e. The van der Waals surface area contributed by atoms with Crippen molar-refractivity contribution in [1.82, 2.24) is 10.2 Å². The number of carbonyl (C=O) groups is 1. The summed E-state index contributed by atoms with van der Waals surface area (Å²) in [5.74, 6) is 0.431. The average molecular weight is 344 g/mol. The standard InChI is InChI=1S/C21H32N2O2/c1-2-20(18-13-19(24)14-18)22-21(25)17-9-7-16(8-10-17)15-23-11-5-3-4-6-12-23/h7-10,18-20,24H,2-6,11-15H2,1H3,(H,22,25)/t18?,19?,20-/m1/s1. The van der Waals surface area contributed by atoms with E-state index in [2.05, 4.69) is 29.3 Å². The van der Waals surface area contributed by atoms with Crippen LogP contribution in [0.25, 0.3) is 0 Å². The average Bonchev–Trinajstić information content (AvgIpc) is 2.86. The fourth-order valence-corrected chi connectivity index (χ4v) is 4.08. The van der Waals surface area contributed by atoms with Crippen molar-refractivity contribution < 1.29 is 9.90 Å². The minimum absolute atomic E-state index is 0.00885. The van der Waals surface area contributed by atoms with Crippen LogP contribution >= 0.6 is 0 Å². The number of aliphatic hydroxyl groups is 1. The Kier molecular flexibility index (Phi) is 6.49. The predicted octanol–water partition coefficient (Wildman–Crippen LogP) is 3.34. The molecular weight excluding hydrogens is 312 g/mol. The minimum atomic E-state index is -0.172. The van der Waals surface area contributed by atoms with Crippen LogP contribution in [0.3, 0.4) is 0 Å². The maximum atomic E-state index is 12.5. The summed E-state index contributed by atoms with van der Waals surface area (Å²) in [6.45, 7) is 5.46. The highest BCUT2D eigenvalue weighted by atomic mass is 16.3. The van der Waals surface area contributed by atoms with Crippen molar-refractivity contribution >= 4 is 5.91 Å². The van der Waals surface area contributed by atoms with Gasteiger partial charge in [0, 0.05) is 18.2 Å². The molecule has 1 amide bonds. The van der Waals surface area contributed by atoms with Crippen LogP contribution in [-0.2, 0) is 6.54 Å². The number of aliphatic hydroxyl groups excluding tert-OH is 1. The molecule has 2 aliphatic rings. The lowest BCUT2D eigenvalue weighted by Gasteiger charge is -2.37. The van der Waals surface area contributed by atoms with Crippen LogP contribution in [-0.4, -0.2) is 41.1 Å². The number of likely N-dealkylation sites (tertiary alicyclic amines) is 1. The monoisotopic (exact) mass is 344 g/mol. The van der Waals surface area contributed by atoms with Gasteiger partial charge in [-0.3, -0.25) is 9.69 Å². The van der Waals surface area contributed by atoms with Gasteiger partial charge >= 0.3 is 0 Å². The molecule has 4 nitrogen and oxygen atoms in total. The Bertz CT molecular complexity index is 544. The van der Waals surface area contributed by atoms with E-state index in [1.807, 2.05) is 12.1 Å². The lowest BCUT2D eigenvalue weighted by atomic mass is 9.76. The highest BCUT2D eigenvalue weighted by Crippen LogP contribution is 2.31. The zero-order valence-electron chi connectivity index (χ0n) is 15.4. The van der Waals surface area contributed by atoms with E-state index in [0.29, 0.717) is 5.92 Å². The second kappa shape index (κ2) is 8.81. The highest BCUT2D eigenvalue weighted by Gasteiger charge is 2.33. The Labute approximate surface area is 151 Å². The van der Waals surface area contributed by atoms with E-state index in [0.717, 1.165) is 31.4 Å². The van der Waals surface area contributed by atoms with Crippen LogP contribution in [0.4, 0.5) is 0 Å². The molecule has 2 fully saturated rings. The first-order valence-corrected chi connectivity index (χ1v) is 9.96. The van der Waals surface area contributed by atoms with E-state index in [1.165, 1.54) is 44.3 Å². The van der Waals surface area contributed by atoms with E-state index < -0.39 is 0 Å². The SMILES string of the molecule is CC[C@@H](NC(=O)c1ccc(CN2CCCCCC2)cc1)C1CC(O)C1. The third-order valence-electron chi connectivity index (χ3n) is 5.80. The molecular formula is C21H32N2O2. The summed E-state index contributed by atoms with van der Waals surface area (Å²) in [5, 5.41) is 12.6. The fourth-order valence-electron chi connectivity index (χ4n) is 4.08. The number of amides is 1. The Morgan fingerprint density at radius 1 is 1.16 bits per heavy atom. The van der Waals surface area contributed by atoms with Crippen molar-refractivity contribution in [2.24, 2.45) is 5.92 Å². The Balaban J connectivity index is 1.53. The molecule has 1 aromatic carbocycles. The van der Waals surface area contributed by atoms with Crippen molar-refractivity contribution in [3.05, 3.63) is 35.4 Å². The van der Waals surface area contributed by atoms with Gasteiger partial charge in [0.1, 0.15) is 0 Å². The molecule has 1 saturated heterocycles. The molecule has 1 aliphatic heterocycles. The summed E-state index contributed by atoms with van der Waals surface area (Å²) in [4.78, 5) is 15.0. The topological polar surface area (TPSA) is 52.6 Å². The first-order chi connectivity index (χ1) is 12.2. The Morgan fingerprint density at radius 2 is 1.80 bits per heavy atom. The van der Waals surface area contributed by atoms with Crippen molar-refractivity contribution in [2.75, 3.05) is 13.1 Å². The Morgan fingerprint density at radius 3 is 2.36 bits per heavy atom. The third kappa shape index (κ3) is 5.05. The van der Waals surface area contributed by atoms with E-state index in [9.17, 15) is 9.90 Å². The van der Waals surface area contributed by atoms with Gasteiger partial charge in [-0.05, 0) is 68.8 Å². The lowest BCUT2D eigenvalue weighted by Crippen LogP contribution is -2.46. The van der Waals surface area contributed by atoms with Gasteiger partial charge in [0.2, 0.25) is 0 Å². The zero-order valence-corrected chi connectivity index (χ0v) is 15.4. The van der Waals surface area contributed by atoms with E-state index in [4.69, 9.17) is 0 Å². The molecule has 0 radical (unpaired) electrons. The van der Waals surface area contributed by atoms with E-state index >= 15 is 0 Å². The van der Waals surface area contributed by atoms with Crippen LogP contribution in [0.5, 0.6) is 0 Å². The van der Waals surface area contributed by atoms with Crippen molar-refractivity contribution in [1.29, 1.82) is 0 Å². The van der Waals surface area contributed by atoms with Gasteiger partial charge in [0.15, 0.2) is 0 Å². The van der Waals surface area contributed by atoms with Crippen LogP contribution in [0.15, 0.2) is 24.3 Å². The van der Waals surface area contributed by atoms with E-state index in [-0.39, 0.29) is 18.1 Å². The molecule has 1 aromatic rings. The first-order valence-electron chi connectivity index (χ1n) is 9.96. The van der Waals surface area contributed by atoms with Gasteiger partial charge in [-0.15, -0.1) is 0 Å². The molecule has 0 unspecified atom stereocenters. The molecule has 25 heavy (non-hydrogen) atoms. The van der Waals surface area contributed by atoms with Gasteiger partial charge < -0.3 is 10.4 Å². The summed E-state index contributed by atoms with van der Waals surface area (Å²) in [5.41, 5.74) is 2.02. The number of nitrogens with one attached hydrogen (secondary N) is 1. The summed E-state index contributed by atoms with van der Waals surface area (Å²) >= 11 is 0. The lowest BCUT2D eigenvalue weighted by molar-refractivity contribution is 0.0232. The normalized spacial score (nSPS) is 25.7. The van der Waals surface area contributed by atoms with Gasteiger partial charge in [0.05, 0.1) is 6.10 Å². The molecule has 1 saturated carbocycles. The molecule has 1 atom stereocenters. The number of benzene rings is 1. The molecule has 0 aromatic heterocycles. The number of rotatable bonds is 6. The fraction of sp³-hybridized carbons (Fsp3) is 0.667. The number of nitrogens with zero attached hydrogens (tertiary/aromatic N) is 1. The maximum absolute atomic E-state index is 12.5. The number of hydrogen-bond acceptors (Lipinski definition) is 3. The smallest absolute Gasteiger partial charge is 0.251 e. The number of carbonyl (C=O) groups excluding carboxylic acids is 1. The third-order valence-corrected chi connectivity index (χ3v) is 5.80. The molecule has 138 valence electrons. The molecule has 2 N–H and O–H groups in total. The molecule has 1 aliphatic carbocycles. The van der Waals surface area contributed by atoms with Crippen molar-refractivity contribution in [2.45, 2.75) is 70.6 Å². The van der Waals surface area contributed by atoms with Crippen LogP contribution < -0.4 is 5.32 Å². The molecule has 0 bridgehead atoms. The van der Waals surface area contributed by atoms with Crippen LogP contribution in [0.1, 0.15) is 67.8 Å². The molecule has 1 heterocycles. The summed E-state index contributed by atoms with van der Waals surface area (Å²) in [6.07, 6.45) is 7.67. The summed E-state index contributed by atoms with van der Waals surface area (Å²) in [7, 11) is 0. The van der Waals surface area contributed by atoms with Gasteiger partial charge in [-0.1, -0.05) is 31.9 Å². The summed E-state index contributed by atoms with van der Waals surface area (Å²) < 4.78 is 0. The Hall–Kier alpha value is -1.39. The van der Waals surface area contributed by atoms with Gasteiger partial charge in [-0.25, -0.2) is 0 Å². The summed E-state index contributed by atoms with van der Waals surface area (Å²) in [6, 6.07) is 8.25. The van der Waals surface area contributed by atoms with Crippen LogP contribution in [0.2, 0.25) is 0 Å². The highest BCUT2D eigenvalue weighted by molar-refractivity contribution is 5.94. The molecule has 3 rings (SSSR count). The van der Waals surface area contributed by atoms with Crippen LogP contribution in [0, 0.1) is 5.92 Å². The number of hydrogen-bond donors (Lipinski definition) is 2. The first kappa shape index (κ1) is 18.4. The van der Waals surface area contributed by atoms with Crippen molar-refractivity contribution in [3.63, 3.8) is 0 Å². The van der Waals surface area contributed by atoms with Gasteiger partial charge in [0.25, 0.3) is 5.91 Å². The molecule has 0 spiro atoms. The second-order valence-electron chi connectivity index (χ2n) is 7.76. The quantitative estimate of drug-likeness (QED) is 0.832. The zero-order chi connectivity index (χ0) is 17.6. The largest absolute Gasteiger partial charge is 0.393 e. The van der Waals surface area contributed by atoms with E-state index in [1.54, 1.807) is 0 Å². The van der Waals surface area contributed by atoms with Crippen molar-refractivity contribution in [3.8, 4) is 0 Å². The van der Waals surface area contributed by atoms with Gasteiger partial charge in [-0.2, -0.15) is 0 Å². The predicted molar refractivity (Wildman–Crippen MR) is 100 cm³/mol. The molecule has 4 heteroatoms.